The molecule has 0 aliphatic heterocycles. The van der Waals surface area contributed by atoms with Crippen molar-refractivity contribution in [3.63, 3.8) is 0 Å². The Morgan fingerprint density at radius 1 is 1.38 bits per heavy atom. The minimum absolute atomic E-state index is 0.126. The smallest absolute Gasteiger partial charge is 0.261 e. The van der Waals surface area contributed by atoms with E-state index in [0.29, 0.717) is 12.2 Å². The number of amides is 1. The fourth-order valence-corrected chi connectivity index (χ4v) is 2.29. The largest absolute Gasteiger partial charge is 0.481 e. The molecule has 0 radical (unpaired) electrons. The molecule has 0 saturated carbocycles. The molecule has 0 aromatic heterocycles. The molecule has 0 saturated heterocycles. The Bertz CT molecular complexity index is 563. The van der Waals surface area contributed by atoms with Crippen LogP contribution in [0.4, 0.5) is 0 Å². The van der Waals surface area contributed by atoms with E-state index in [-0.39, 0.29) is 17.2 Å². The number of benzene rings is 1. The van der Waals surface area contributed by atoms with Gasteiger partial charge in [0, 0.05) is 17.5 Å². The van der Waals surface area contributed by atoms with E-state index in [2.05, 4.69) is 5.32 Å². The van der Waals surface area contributed by atoms with Crippen LogP contribution in [0.5, 0.6) is 5.75 Å². The van der Waals surface area contributed by atoms with Gasteiger partial charge >= 0.3 is 0 Å². The van der Waals surface area contributed by atoms with Gasteiger partial charge in [-0.25, -0.2) is 0 Å². The summed E-state index contributed by atoms with van der Waals surface area (Å²) in [6, 6.07) is 5.42. The van der Waals surface area contributed by atoms with E-state index in [4.69, 9.17) is 4.74 Å². The fourth-order valence-electron chi connectivity index (χ4n) is 2.29. The molecule has 1 aliphatic rings. The third kappa shape index (κ3) is 3.63. The van der Waals surface area contributed by atoms with E-state index in [1.807, 2.05) is 26.8 Å². The highest BCUT2D eigenvalue weighted by atomic mass is 16.5. The molecule has 0 heterocycles. The van der Waals surface area contributed by atoms with Crippen molar-refractivity contribution in [3.05, 3.63) is 29.3 Å². The summed E-state index contributed by atoms with van der Waals surface area (Å²) in [7, 11) is 0. The lowest BCUT2D eigenvalue weighted by molar-refractivity contribution is -0.128. The zero-order valence-corrected chi connectivity index (χ0v) is 13.2. The van der Waals surface area contributed by atoms with E-state index in [0.717, 1.165) is 24.0 Å². The number of carbonyl (C=O) groups is 2. The van der Waals surface area contributed by atoms with E-state index in [9.17, 15) is 9.59 Å². The van der Waals surface area contributed by atoms with Crippen LogP contribution >= 0.6 is 0 Å². The fraction of sp³-hybridized carbons (Fsp3) is 0.529. The summed E-state index contributed by atoms with van der Waals surface area (Å²) in [5.41, 5.74) is 1.56. The number of fused-ring (bicyclic) bond motifs is 1. The number of carbonyl (C=O) groups excluding carboxylic acids is 2. The lowest BCUT2D eigenvalue weighted by atomic mass is 10.0. The first kappa shape index (κ1) is 15.5. The van der Waals surface area contributed by atoms with Gasteiger partial charge in [0.15, 0.2) is 11.9 Å². The van der Waals surface area contributed by atoms with Crippen molar-refractivity contribution in [1.82, 2.24) is 5.32 Å². The average molecular weight is 289 g/mol. The molecule has 1 aromatic rings. The molecule has 1 N–H and O–H groups in total. The van der Waals surface area contributed by atoms with Crippen LogP contribution in [0.25, 0.3) is 0 Å². The summed E-state index contributed by atoms with van der Waals surface area (Å²) in [5.74, 6) is 0.700. The highest BCUT2D eigenvalue weighted by Crippen LogP contribution is 2.26. The van der Waals surface area contributed by atoms with Gasteiger partial charge in [0.1, 0.15) is 5.75 Å². The second-order valence-corrected chi connectivity index (χ2v) is 6.23. The van der Waals surface area contributed by atoms with Crippen molar-refractivity contribution in [2.45, 2.75) is 58.6 Å². The van der Waals surface area contributed by atoms with Crippen molar-refractivity contribution >= 4 is 11.7 Å². The molecule has 0 bridgehead atoms. The molecule has 21 heavy (non-hydrogen) atoms. The number of hydrogen-bond donors (Lipinski definition) is 1. The van der Waals surface area contributed by atoms with Gasteiger partial charge in [0.25, 0.3) is 5.91 Å². The predicted molar refractivity (Wildman–Crippen MR) is 81.7 cm³/mol. The van der Waals surface area contributed by atoms with Gasteiger partial charge in [0.05, 0.1) is 0 Å². The van der Waals surface area contributed by atoms with Crippen LogP contribution in [0.3, 0.4) is 0 Å². The van der Waals surface area contributed by atoms with Gasteiger partial charge in [-0.15, -0.1) is 0 Å². The molecule has 0 spiro atoms. The van der Waals surface area contributed by atoms with E-state index < -0.39 is 6.10 Å². The van der Waals surface area contributed by atoms with Crippen LogP contribution in [-0.4, -0.2) is 23.3 Å². The minimum Gasteiger partial charge on any atom is -0.481 e. The quantitative estimate of drug-likeness (QED) is 0.906. The summed E-state index contributed by atoms with van der Waals surface area (Å²) in [6.45, 7) is 7.74. The third-order valence-corrected chi connectivity index (χ3v) is 4.03. The molecular formula is C17H23NO3. The number of Topliss-reactive ketones (excluding diaryl/α,β-unsaturated/α-hetero) is 1. The Morgan fingerprint density at radius 2 is 2.10 bits per heavy atom. The Morgan fingerprint density at radius 3 is 2.76 bits per heavy atom. The van der Waals surface area contributed by atoms with Gasteiger partial charge < -0.3 is 10.1 Å². The van der Waals surface area contributed by atoms with E-state index in [1.165, 1.54) is 0 Å². The van der Waals surface area contributed by atoms with Gasteiger partial charge in [0.2, 0.25) is 0 Å². The molecule has 4 nitrogen and oxygen atoms in total. The maximum atomic E-state index is 12.1. The molecule has 1 unspecified atom stereocenters. The second-order valence-electron chi connectivity index (χ2n) is 6.23. The van der Waals surface area contributed by atoms with Crippen LogP contribution in [0.15, 0.2) is 18.2 Å². The highest BCUT2D eigenvalue weighted by molar-refractivity contribution is 6.00. The van der Waals surface area contributed by atoms with Gasteiger partial charge in [-0.3, -0.25) is 9.59 Å². The number of nitrogens with one attached hydrogen (secondary N) is 1. The molecule has 1 aromatic carbocycles. The second kappa shape index (κ2) is 5.88. The SMILES string of the molecule is CCC(C)(C)NC(=O)C(C)Oc1ccc2c(c1)CCC2=O. The van der Waals surface area contributed by atoms with Crippen LogP contribution < -0.4 is 10.1 Å². The molecule has 1 atom stereocenters. The first-order valence-corrected chi connectivity index (χ1v) is 7.47. The molecule has 0 fully saturated rings. The average Bonchev–Trinajstić information content (AvgIpc) is 2.79. The van der Waals surface area contributed by atoms with E-state index >= 15 is 0 Å². The maximum Gasteiger partial charge on any atom is 0.261 e. The van der Waals surface area contributed by atoms with Crippen molar-refractivity contribution in [2.24, 2.45) is 0 Å². The van der Waals surface area contributed by atoms with Crippen LogP contribution in [-0.2, 0) is 11.2 Å². The molecular weight excluding hydrogens is 266 g/mol. The summed E-state index contributed by atoms with van der Waals surface area (Å²) in [6.07, 6.45) is 1.62. The standard InChI is InChI=1S/C17H23NO3/c1-5-17(3,4)18-16(20)11(2)21-13-7-8-14-12(10-13)6-9-15(14)19/h7-8,10-11H,5-6,9H2,1-4H3,(H,18,20). The predicted octanol–water partition coefficient (Wildman–Crippen LogP) is 2.89. The highest BCUT2D eigenvalue weighted by Gasteiger charge is 2.24. The number of aryl methyl sites for hydroxylation is 1. The lowest BCUT2D eigenvalue weighted by Crippen LogP contribution is -2.48. The van der Waals surface area contributed by atoms with Crippen molar-refractivity contribution < 1.29 is 14.3 Å². The maximum absolute atomic E-state index is 12.1. The zero-order valence-electron chi connectivity index (χ0n) is 13.2. The van der Waals surface area contributed by atoms with Crippen molar-refractivity contribution in [1.29, 1.82) is 0 Å². The van der Waals surface area contributed by atoms with Gasteiger partial charge in [-0.1, -0.05) is 6.92 Å². The van der Waals surface area contributed by atoms with Crippen LogP contribution in [0.2, 0.25) is 0 Å². The normalized spacial score (nSPS) is 15.5. The number of ketones is 1. The van der Waals surface area contributed by atoms with Crippen molar-refractivity contribution in [3.8, 4) is 5.75 Å². The summed E-state index contributed by atoms with van der Waals surface area (Å²) in [5, 5.41) is 2.97. The Kier molecular flexibility index (Phi) is 4.35. The van der Waals surface area contributed by atoms with Crippen molar-refractivity contribution in [2.75, 3.05) is 0 Å². The minimum atomic E-state index is -0.564. The first-order valence-electron chi connectivity index (χ1n) is 7.47. The van der Waals surface area contributed by atoms with Gasteiger partial charge in [-0.05, 0) is 57.4 Å². The molecule has 1 aliphatic carbocycles. The van der Waals surface area contributed by atoms with Crippen LogP contribution in [0, 0.1) is 0 Å². The summed E-state index contributed by atoms with van der Waals surface area (Å²) >= 11 is 0. The number of hydrogen-bond acceptors (Lipinski definition) is 3. The molecule has 1 amide bonds. The number of ether oxygens (including phenoxy) is 1. The van der Waals surface area contributed by atoms with Gasteiger partial charge in [-0.2, -0.15) is 0 Å². The first-order chi connectivity index (χ1) is 9.82. The topological polar surface area (TPSA) is 55.4 Å². The number of rotatable bonds is 5. The van der Waals surface area contributed by atoms with E-state index in [1.54, 1.807) is 19.1 Å². The Hall–Kier alpha value is -1.84. The lowest BCUT2D eigenvalue weighted by Gasteiger charge is -2.26. The monoisotopic (exact) mass is 289 g/mol. The molecule has 4 heteroatoms. The summed E-state index contributed by atoms with van der Waals surface area (Å²) < 4.78 is 5.70. The third-order valence-electron chi connectivity index (χ3n) is 4.03. The molecule has 2 rings (SSSR count). The molecule has 114 valence electrons. The van der Waals surface area contributed by atoms with Crippen LogP contribution in [0.1, 0.15) is 56.5 Å². The zero-order chi connectivity index (χ0) is 15.6. The summed E-state index contributed by atoms with van der Waals surface area (Å²) in [4.78, 5) is 23.7. The Labute approximate surface area is 125 Å². The Balaban J connectivity index is 2.02.